The molecule has 1 heterocycles. The molecule has 1 N–H and O–H groups in total. The molecule has 0 aliphatic rings. The van der Waals surface area contributed by atoms with E-state index in [9.17, 15) is 4.21 Å². The van der Waals surface area contributed by atoms with Crippen molar-refractivity contribution in [3.8, 4) is 0 Å². The van der Waals surface area contributed by atoms with Crippen molar-refractivity contribution in [1.29, 1.82) is 0 Å². The molecule has 0 radical (unpaired) electrons. The van der Waals surface area contributed by atoms with Gasteiger partial charge in [0.05, 0.1) is 21.8 Å². The minimum Gasteiger partial charge on any atom is -0.242 e. The molecule has 1 aromatic carbocycles. The molecule has 2 atom stereocenters. The number of thiophene rings is 1. The average molecular weight is 360 g/mol. The van der Waals surface area contributed by atoms with Gasteiger partial charge in [0, 0.05) is 19.4 Å². The molecule has 2 rings (SSSR count). The Kier molecular flexibility index (Phi) is 4.50. The van der Waals surface area contributed by atoms with E-state index >= 15 is 0 Å². The zero-order chi connectivity index (χ0) is 14.2. The van der Waals surface area contributed by atoms with Crippen molar-refractivity contribution < 1.29 is 4.21 Å². The first-order chi connectivity index (χ1) is 8.80. The lowest BCUT2D eigenvalue weighted by Gasteiger charge is -2.21. The van der Waals surface area contributed by atoms with E-state index in [2.05, 4.69) is 39.7 Å². The van der Waals surface area contributed by atoms with Crippen LogP contribution >= 0.6 is 27.3 Å². The minimum absolute atomic E-state index is 0.0619. The topological polar surface area (TPSA) is 29.1 Å². The third-order valence-corrected chi connectivity index (χ3v) is 6.94. The van der Waals surface area contributed by atoms with E-state index in [1.54, 1.807) is 11.3 Å². The fourth-order valence-corrected chi connectivity index (χ4v) is 4.73. The number of hydrogen-bond donors (Lipinski definition) is 1. The number of nitrogens with one attached hydrogen (secondary N) is 1. The largest absolute Gasteiger partial charge is 0.242 e. The summed E-state index contributed by atoms with van der Waals surface area (Å²) in [4.78, 5) is 1.19. The van der Waals surface area contributed by atoms with Crippen LogP contribution < -0.4 is 4.72 Å². The molecular formula is C14H18BrNOS2. The molecule has 0 unspecified atom stereocenters. The number of rotatable bonds is 3. The van der Waals surface area contributed by atoms with Crippen LogP contribution in [0.2, 0.25) is 0 Å². The van der Waals surface area contributed by atoms with Crippen LogP contribution in [-0.4, -0.2) is 8.96 Å². The van der Waals surface area contributed by atoms with E-state index in [1.807, 2.05) is 32.9 Å². The number of fused-ring (bicyclic) bond motifs is 1. The van der Waals surface area contributed by atoms with Crippen LogP contribution in [-0.2, 0) is 11.0 Å². The quantitative estimate of drug-likeness (QED) is 0.839. The molecule has 19 heavy (non-hydrogen) atoms. The molecule has 0 aliphatic heterocycles. The highest BCUT2D eigenvalue weighted by atomic mass is 79.9. The smallest absolute Gasteiger partial charge is 0.0976 e. The Morgan fingerprint density at radius 3 is 2.53 bits per heavy atom. The van der Waals surface area contributed by atoms with Gasteiger partial charge in [-0.1, -0.05) is 18.2 Å². The van der Waals surface area contributed by atoms with Gasteiger partial charge in [0.2, 0.25) is 0 Å². The molecule has 5 heteroatoms. The van der Waals surface area contributed by atoms with E-state index in [0.29, 0.717) is 0 Å². The Labute approximate surface area is 129 Å². The molecule has 2 aromatic rings. The van der Waals surface area contributed by atoms with Crippen LogP contribution in [0, 0.1) is 0 Å². The molecule has 0 bridgehead atoms. The highest BCUT2D eigenvalue weighted by molar-refractivity contribution is 9.10. The highest BCUT2D eigenvalue weighted by Gasteiger charge is 2.23. The van der Waals surface area contributed by atoms with Crippen molar-refractivity contribution in [3.05, 3.63) is 33.6 Å². The predicted molar refractivity (Wildman–Crippen MR) is 89.0 cm³/mol. The molecule has 2 nitrogen and oxygen atoms in total. The van der Waals surface area contributed by atoms with Crippen molar-refractivity contribution in [3.63, 3.8) is 0 Å². The van der Waals surface area contributed by atoms with E-state index in [1.165, 1.54) is 15.0 Å². The monoisotopic (exact) mass is 359 g/mol. The molecule has 0 amide bonds. The van der Waals surface area contributed by atoms with Crippen LogP contribution in [0.1, 0.15) is 38.6 Å². The summed E-state index contributed by atoms with van der Waals surface area (Å²) in [6.07, 6.45) is 0. The van der Waals surface area contributed by atoms with Crippen LogP contribution in [0.3, 0.4) is 0 Å². The lowest BCUT2D eigenvalue weighted by atomic mass is 10.2. The summed E-state index contributed by atoms with van der Waals surface area (Å²) in [7, 11) is -1.06. The maximum Gasteiger partial charge on any atom is 0.0976 e. The average Bonchev–Trinajstić information content (AvgIpc) is 2.66. The number of halogens is 1. The first-order valence-electron chi connectivity index (χ1n) is 6.15. The van der Waals surface area contributed by atoms with Gasteiger partial charge in [0.1, 0.15) is 0 Å². The van der Waals surface area contributed by atoms with Gasteiger partial charge < -0.3 is 0 Å². The molecule has 0 saturated carbocycles. The van der Waals surface area contributed by atoms with Crippen molar-refractivity contribution in [2.24, 2.45) is 0 Å². The summed E-state index contributed by atoms with van der Waals surface area (Å²) in [6, 6.07) is 8.36. The lowest BCUT2D eigenvalue weighted by molar-refractivity contribution is 0.618. The maximum atomic E-state index is 12.2. The van der Waals surface area contributed by atoms with Gasteiger partial charge in [0.25, 0.3) is 0 Å². The fourth-order valence-electron chi connectivity index (χ4n) is 1.70. The molecule has 0 saturated heterocycles. The number of hydrogen-bond acceptors (Lipinski definition) is 2. The summed E-state index contributed by atoms with van der Waals surface area (Å²) >= 11 is 5.41. The van der Waals surface area contributed by atoms with Gasteiger partial charge in [-0.25, -0.2) is 8.93 Å². The second-order valence-corrected chi connectivity index (χ2v) is 9.37. The summed E-state index contributed by atoms with van der Waals surface area (Å²) in [5.41, 5.74) is 0. The Hall–Kier alpha value is -0.230. The van der Waals surface area contributed by atoms with Gasteiger partial charge in [0.15, 0.2) is 0 Å². The van der Waals surface area contributed by atoms with E-state index in [4.69, 9.17) is 0 Å². The summed E-state index contributed by atoms with van der Waals surface area (Å²) < 4.78 is 17.5. The Morgan fingerprint density at radius 2 is 1.95 bits per heavy atom. The van der Waals surface area contributed by atoms with Crippen molar-refractivity contribution in [2.75, 3.05) is 0 Å². The zero-order valence-electron chi connectivity index (χ0n) is 11.5. The standard InChI is InChI=1S/C14H18BrNOS2/c1-9(16-19(17)14(2,3)4)13-12(15)10-7-5-6-8-11(10)18-13/h5-9,16H,1-4H3/t9-,19+/m0/s1. The normalized spacial score (nSPS) is 15.6. The molecule has 104 valence electrons. The van der Waals surface area contributed by atoms with Crippen LogP contribution in [0.5, 0.6) is 0 Å². The first kappa shape index (κ1) is 15.2. The Bertz CT molecular complexity index is 615. The third-order valence-electron chi connectivity index (χ3n) is 2.79. The van der Waals surface area contributed by atoms with Gasteiger partial charge in [-0.05, 0) is 49.7 Å². The summed E-state index contributed by atoms with van der Waals surface area (Å²) in [5, 5.41) is 1.22. The van der Waals surface area contributed by atoms with Gasteiger partial charge in [-0.3, -0.25) is 0 Å². The Morgan fingerprint density at radius 1 is 1.32 bits per heavy atom. The van der Waals surface area contributed by atoms with Gasteiger partial charge in [-0.15, -0.1) is 11.3 Å². The Balaban J connectivity index is 2.29. The van der Waals surface area contributed by atoms with Crippen molar-refractivity contribution in [2.45, 2.75) is 38.5 Å². The zero-order valence-corrected chi connectivity index (χ0v) is 14.7. The van der Waals surface area contributed by atoms with Crippen LogP contribution in [0.25, 0.3) is 10.1 Å². The second-order valence-electron chi connectivity index (χ2n) is 5.50. The second kappa shape index (κ2) is 5.64. The minimum atomic E-state index is -1.06. The maximum absolute atomic E-state index is 12.2. The molecule has 0 aliphatic carbocycles. The number of benzene rings is 1. The van der Waals surface area contributed by atoms with Crippen LogP contribution in [0.4, 0.5) is 0 Å². The van der Waals surface area contributed by atoms with Crippen molar-refractivity contribution in [1.82, 2.24) is 4.72 Å². The third kappa shape index (κ3) is 3.27. The van der Waals surface area contributed by atoms with Crippen molar-refractivity contribution >= 4 is 48.3 Å². The fraction of sp³-hybridized carbons (Fsp3) is 0.429. The molecule has 0 fully saturated rings. The first-order valence-corrected chi connectivity index (χ1v) is 8.91. The van der Waals surface area contributed by atoms with E-state index in [-0.39, 0.29) is 10.8 Å². The summed E-state index contributed by atoms with van der Waals surface area (Å²) in [6.45, 7) is 7.98. The van der Waals surface area contributed by atoms with E-state index in [0.717, 1.165) is 4.47 Å². The summed E-state index contributed by atoms with van der Waals surface area (Å²) in [5.74, 6) is 0. The SMILES string of the molecule is C[C@H](N[S@](=O)C(C)(C)C)c1sc2ccccc2c1Br. The molecule has 1 aromatic heterocycles. The highest BCUT2D eigenvalue weighted by Crippen LogP contribution is 2.39. The van der Waals surface area contributed by atoms with Crippen LogP contribution in [0.15, 0.2) is 28.7 Å². The van der Waals surface area contributed by atoms with E-state index < -0.39 is 11.0 Å². The predicted octanol–water partition coefficient (Wildman–Crippen LogP) is 4.78. The van der Waals surface area contributed by atoms with Gasteiger partial charge in [-0.2, -0.15) is 0 Å². The van der Waals surface area contributed by atoms with Gasteiger partial charge >= 0.3 is 0 Å². The molecular weight excluding hydrogens is 342 g/mol. The molecule has 0 spiro atoms. The lowest BCUT2D eigenvalue weighted by Crippen LogP contribution is -2.34.